The second-order valence-electron chi connectivity index (χ2n) is 16.2. The molecule has 0 aromatic heterocycles. The van der Waals surface area contributed by atoms with Crippen LogP contribution in [0.5, 0.6) is 0 Å². The fraction of sp³-hybridized carbons (Fsp3) is 0.357. The van der Waals surface area contributed by atoms with Gasteiger partial charge in [-0.3, -0.25) is 0 Å². The molecule has 4 nitrogen and oxygen atoms in total. The van der Waals surface area contributed by atoms with Gasteiger partial charge in [0.1, 0.15) is 0 Å². The average molecular weight is 859 g/mol. The Morgan fingerprint density at radius 2 is 0.475 bits per heavy atom. The second-order valence-corrected chi connectivity index (χ2v) is 17.6. The van der Waals surface area contributed by atoms with Gasteiger partial charge in [0.05, 0.1) is 0 Å². The molecule has 0 radical (unpaired) electrons. The van der Waals surface area contributed by atoms with Gasteiger partial charge in [-0.25, -0.2) is 0 Å². The zero-order valence-corrected chi connectivity index (χ0v) is 38.0. The van der Waals surface area contributed by atoms with Crippen molar-refractivity contribution < 1.29 is 29.5 Å². The summed E-state index contributed by atoms with van der Waals surface area (Å²) in [6, 6.07) is 66.6. The van der Waals surface area contributed by atoms with Crippen molar-refractivity contribution in [2.24, 2.45) is 0 Å². The summed E-state index contributed by atoms with van der Waals surface area (Å²) in [7, 11) is 0. The Morgan fingerprint density at radius 3 is 0.656 bits per heavy atom. The fourth-order valence-corrected chi connectivity index (χ4v) is 8.90. The van der Waals surface area contributed by atoms with Gasteiger partial charge in [-0.2, -0.15) is 0 Å². The molecule has 0 spiro atoms. The summed E-state index contributed by atoms with van der Waals surface area (Å²) >= 11 is -5.25. The Morgan fingerprint density at radius 1 is 0.311 bits per heavy atom. The zero-order chi connectivity index (χ0) is 43.5. The van der Waals surface area contributed by atoms with Gasteiger partial charge >= 0.3 is 29.5 Å². The molecule has 0 aliphatic carbocycles. The third-order valence-corrected chi connectivity index (χ3v) is 11.9. The van der Waals surface area contributed by atoms with E-state index in [0.717, 1.165) is 12.8 Å². The molecule has 6 rings (SSSR count). The van der Waals surface area contributed by atoms with Crippen LogP contribution in [0, 0.1) is 0 Å². The van der Waals surface area contributed by atoms with Crippen molar-refractivity contribution in [1.29, 1.82) is 0 Å². The number of rotatable bonds is 22. The number of unbranched alkanes of at least 4 members (excludes halogenated alkanes) is 12. The van der Waals surface area contributed by atoms with E-state index in [0.29, 0.717) is 0 Å². The van der Waals surface area contributed by atoms with Crippen LogP contribution in [0.25, 0.3) is 0 Å². The van der Waals surface area contributed by atoms with E-state index in [2.05, 4.69) is 196 Å². The van der Waals surface area contributed by atoms with Crippen LogP contribution >= 0.6 is 0 Å². The Bertz CT molecular complexity index is 1750. The molecular weight excluding hydrogens is 789 g/mol. The maximum absolute atomic E-state index is 8.82. The summed E-state index contributed by atoms with van der Waals surface area (Å²) in [6.07, 6.45) is 21.1. The normalized spacial score (nSPS) is 11.5. The predicted molar refractivity (Wildman–Crippen MR) is 249 cm³/mol. The van der Waals surface area contributed by atoms with E-state index in [1.807, 2.05) is 0 Å². The molecule has 0 saturated carbocycles. The summed E-state index contributed by atoms with van der Waals surface area (Å²) in [5.41, 5.74) is 8.26. The van der Waals surface area contributed by atoms with Crippen molar-refractivity contribution in [2.45, 2.75) is 127 Å². The van der Waals surface area contributed by atoms with Crippen molar-refractivity contribution in [3.05, 3.63) is 215 Å². The Balaban J connectivity index is 0.000000242. The first-order chi connectivity index (χ1) is 29.8. The molecular formula is C56H70CrO4. The fourth-order valence-electron chi connectivity index (χ4n) is 8.90. The molecule has 2 N–H and O–H groups in total. The topological polar surface area (TPSA) is 74.6 Å². The van der Waals surface area contributed by atoms with Crippen LogP contribution in [0.4, 0.5) is 0 Å². The van der Waals surface area contributed by atoms with Gasteiger partial charge in [0.2, 0.25) is 0 Å². The van der Waals surface area contributed by atoms with Gasteiger partial charge in [-0.15, -0.1) is 0 Å². The van der Waals surface area contributed by atoms with Crippen molar-refractivity contribution in [3.8, 4) is 0 Å². The molecule has 0 unspecified atom stereocenters. The van der Waals surface area contributed by atoms with E-state index in [-0.39, 0.29) is 10.8 Å². The standard InChI is InChI=1S/2C28H34.Cr.2H2O.2O/c2*1-2-3-4-5-6-7-17-24-28(25-18-11-8-12-19-25,26-20-13-9-14-21-26)27-22-15-10-16-23-27;;;;;/h2*8-16,18-23H,2-7,17,24H2,1H3;;2*1H2;;/q;;+2;;;;/p-2. The molecule has 324 valence electrons. The van der Waals surface area contributed by atoms with E-state index in [1.54, 1.807) is 0 Å². The first-order valence-electron chi connectivity index (χ1n) is 22.8. The average Bonchev–Trinajstić information content (AvgIpc) is 3.30. The van der Waals surface area contributed by atoms with Gasteiger partial charge in [0, 0.05) is 10.8 Å². The first kappa shape index (κ1) is 49.0. The van der Waals surface area contributed by atoms with Crippen LogP contribution < -0.4 is 0 Å². The van der Waals surface area contributed by atoms with Crippen molar-refractivity contribution in [3.63, 3.8) is 0 Å². The Labute approximate surface area is 370 Å². The SMILES string of the molecule is CCCCCCCCCC(c1ccccc1)(c1ccccc1)c1ccccc1.CCCCCCCCCC(c1ccccc1)(c1ccccc1)c1ccccc1.[O]=[Cr](=[O])([OH])[OH]. The van der Waals surface area contributed by atoms with Gasteiger partial charge < -0.3 is 0 Å². The van der Waals surface area contributed by atoms with Crippen molar-refractivity contribution >= 4 is 0 Å². The third-order valence-electron chi connectivity index (χ3n) is 11.9. The summed E-state index contributed by atoms with van der Waals surface area (Å²) < 4.78 is 31.9. The van der Waals surface area contributed by atoms with E-state index in [4.69, 9.17) is 15.9 Å². The van der Waals surface area contributed by atoms with Gasteiger partial charge in [0.25, 0.3) is 0 Å². The molecule has 0 amide bonds. The number of benzene rings is 6. The van der Waals surface area contributed by atoms with Crippen LogP contribution in [0.2, 0.25) is 0 Å². The Hall–Kier alpha value is -4.63. The summed E-state index contributed by atoms with van der Waals surface area (Å²) in [5, 5.41) is 0. The minimum absolute atomic E-state index is 0.0762. The molecule has 0 bridgehead atoms. The van der Waals surface area contributed by atoms with Gasteiger partial charge in [-0.1, -0.05) is 286 Å². The molecule has 0 aliphatic heterocycles. The van der Waals surface area contributed by atoms with Gasteiger partial charge in [0.15, 0.2) is 0 Å². The van der Waals surface area contributed by atoms with Crippen molar-refractivity contribution in [2.75, 3.05) is 0 Å². The first-order valence-corrected chi connectivity index (χ1v) is 25.0. The predicted octanol–water partition coefficient (Wildman–Crippen LogP) is 15.0. The molecule has 0 aliphatic rings. The molecule has 0 atom stereocenters. The molecule has 5 heteroatoms. The van der Waals surface area contributed by atoms with Crippen LogP contribution in [-0.4, -0.2) is 8.32 Å². The number of hydrogen-bond donors (Lipinski definition) is 2. The summed E-state index contributed by atoms with van der Waals surface area (Å²) in [4.78, 5) is 0. The third kappa shape index (κ3) is 16.0. The summed E-state index contributed by atoms with van der Waals surface area (Å²) in [6.45, 7) is 4.57. The monoisotopic (exact) mass is 858 g/mol. The van der Waals surface area contributed by atoms with E-state index < -0.39 is 13.6 Å². The van der Waals surface area contributed by atoms with Gasteiger partial charge in [-0.05, 0) is 46.2 Å². The van der Waals surface area contributed by atoms with Crippen LogP contribution in [0.1, 0.15) is 150 Å². The minimum atomic E-state index is -5.25. The number of hydrogen-bond acceptors (Lipinski definition) is 2. The molecule has 0 heterocycles. The van der Waals surface area contributed by atoms with E-state index in [1.165, 1.54) is 123 Å². The summed E-state index contributed by atoms with van der Waals surface area (Å²) in [5.74, 6) is 0. The van der Waals surface area contributed by atoms with Crippen LogP contribution in [-0.2, 0) is 32.1 Å². The molecule has 0 saturated heterocycles. The Kier molecular flexibility index (Phi) is 22.0. The zero-order valence-electron chi connectivity index (χ0n) is 36.8. The molecule has 6 aromatic rings. The maximum atomic E-state index is 8.82. The molecule has 0 fully saturated rings. The quantitative estimate of drug-likeness (QED) is 0.0527. The second kappa shape index (κ2) is 27.3. The molecule has 6 aromatic carbocycles. The van der Waals surface area contributed by atoms with Crippen molar-refractivity contribution in [1.82, 2.24) is 0 Å². The molecule has 61 heavy (non-hydrogen) atoms. The van der Waals surface area contributed by atoms with Crippen LogP contribution in [0.15, 0.2) is 182 Å². The van der Waals surface area contributed by atoms with E-state index in [9.17, 15) is 0 Å². The van der Waals surface area contributed by atoms with Crippen LogP contribution in [0.3, 0.4) is 0 Å². The van der Waals surface area contributed by atoms with E-state index >= 15 is 0 Å².